The highest BCUT2D eigenvalue weighted by molar-refractivity contribution is 5.71. The molecule has 0 bridgehead atoms. The monoisotopic (exact) mass is 941 g/mol. The predicted molar refractivity (Wildman–Crippen MR) is 289 cm³/mol. The molecular weight excluding hydrogens is 829 g/mol. The van der Waals surface area contributed by atoms with E-state index in [-0.39, 0.29) is 31.1 Å². The van der Waals surface area contributed by atoms with Crippen LogP contribution in [0.15, 0.2) is 36.5 Å². The van der Waals surface area contributed by atoms with E-state index in [4.69, 9.17) is 14.2 Å². The second kappa shape index (κ2) is 56.2. The molecule has 67 heavy (non-hydrogen) atoms. The third-order valence-electron chi connectivity index (χ3n) is 13.1. The first kappa shape index (κ1) is 64.6. The lowest BCUT2D eigenvalue weighted by Crippen LogP contribution is -2.30. The van der Waals surface area contributed by atoms with E-state index in [0.717, 1.165) is 83.5 Å². The maximum absolute atomic E-state index is 12.9. The fourth-order valence-corrected chi connectivity index (χ4v) is 8.69. The summed E-state index contributed by atoms with van der Waals surface area (Å²) in [6.45, 7) is 6.64. The number of hydrogen-bond acceptors (Lipinski definition) is 6. The predicted octanol–water partition coefficient (Wildman–Crippen LogP) is 19.7. The van der Waals surface area contributed by atoms with Crippen LogP contribution in [-0.2, 0) is 28.6 Å². The lowest BCUT2D eigenvalue weighted by atomic mass is 10.0. The minimum absolute atomic E-state index is 0.0763. The number of esters is 3. The van der Waals surface area contributed by atoms with Crippen LogP contribution in [0.1, 0.15) is 316 Å². The smallest absolute Gasteiger partial charge is 0.306 e. The summed E-state index contributed by atoms with van der Waals surface area (Å²) in [5.41, 5.74) is 0. The van der Waals surface area contributed by atoms with Crippen LogP contribution in [-0.4, -0.2) is 37.2 Å². The molecule has 0 fully saturated rings. The first-order chi connectivity index (χ1) is 33.0. The summed E-state index contributed by atoms with van der Waals surface area (Å²) in [7, 11) is 0. The van der Waals surface area contributed by atoms with Crippen LogP contribution in [0, 0.1) is 0 Å². The number of allylic oxidation sites excluding steroid dienone is 6. The fourth-order valence-electron chi connectivity index (χ4n) is 8.69. The Morgan fingerprint density at radius 1 is 0.299 bits per heavy atom. The van der Waals surface area contributed by atoms with Crippen molar-refractivity contribution in [1.29, 1.82) is 0 Å². The second-order valence-electron chi connectivity index (χ2n) is 19.9. The molecule has 0 rings (SSSR count). The summed E-state index contributed by atoms with van der Waals surface area (Å²) >= 11 is 0. The SMILES string of the molecule is CCCCC/C=C\C/C=C\C/C=C\CCCCCCC(=O)O[C@@H](COC(=O)CCCCCCCCCCCCCCCCC)COC(=O)CCCCCCCCCCCCCCCCCCC. The maximum Gasteiger partial charge on any atom is 0.306 e. The maximum atomic E-state index is 12.9. The lowest BCUT2D eigenvalue weighted by Gasteiger charge is -2.18. The minimum Gasteiger partial charge on any atom is -0.462 e. The third kappa shape index (κ3) is 54.4. The van der Waals surface area contributed by atoms with Gasteiger partial charge in [-0.2, -0.15) is 0 Å². The zero-order chi connectivity index (χ0) is 48.6. The van der Waals surface area contributed by atoms with Crippen molar-refractivity contribution in [3.05, 3.63) is 36.5 Å². The number of rotatable bonds is 54. The quantitative estimate of drug-likeness (QED) is 0.0262. The second-order valence-corrected chi connectivity index (χ2v) is 19.9. The average Bonchev–Trinajstić information content (AvgIpc) is 3.33. The van der Waals surface area contributed by atoms with E-state index in [2.05, 4.69) is 57.2 Å². The van der Waals surface area contributed by atoms with Crippen LogP contribution in [0.4, 0.5) is 0 Å². The molecule has 0 aromatic heterocycles. The summed E-state index contributed by atoms with van der Waals surface area (Å²) in [6.07, 6.45) is 67.0. The Hall–Kier alpha value is -2.37. The number of carbonyl (C=O) groups is 3. The summed E-state index contributed by atoms with van der Waals surface area (Å²) in [6, 6.07) is 0. The van der Waals surface area contributed by atoms with Crippen molar-refractivity contribution < 1.29 is 28.6 Å². The van der Waals surface area contributed by atoms with Gasteiger partial charge in [0.1, 0.15) is 13.2 Å². The van der Waals surface area contributed by atoms with E-state index in [0.29, 0.717) is 19.3 Å². The molecule has 0 spiro atoms. The van der Waals surface area contributed by atoms with Gasteiger partial charge in [0.05, 0.1) is 0 Å². The molecule has 0 N–H and O–H groups in total. The zero-order valence-corrected chi connectivity index (χ0v) is 44.9. The van der Waals surface area contributed by atoms with Crippen LogP contribution in [0.5, 0.6) is 0 Å². The van der Waals surface area contributed by atoms with Gasteiger partial charge >= 0.3 is 17.9 Å². The Kier molecular flexibility index (Phi) is 54.2. The molecule has 6 heteroatoms. The number of carbonyl (C=O) groups excluding carboxylic acids is 3. The third-order valence-corrected chi connectivity index (χ3v) is 13.1. The van der Waals surface area contributed by atoms with Gasteiger partial charge in [-0.3, -0.25) is 14.4 Å². The number of hydrogen-bond donors (Lipinski definition) is 0. The molecule has 0 heterocycles. The molecule has 0 aliphatic heterocycles. The molecule has 6 nitrogen and oxygen atoms in total. The van der Waals surface area contributed by atoms with Crippen molar-refractivity contribution in [2.75, 3.05) is 13.2 Å². The van der Waals surface area contributed by atoms with E-state index >= 15 is 0 Å². The standard InChI is InChI=1S/C61H112O6/c1-4-7-10-13-16-19-22-25-28-30-33-36-39-42-45-48-51-54-60(63)66-57-58(56-65-59(62)53-50-47-44-41-38-35-32-27-24-21-18-15-12-9-6-3)67-61(64)55-52-49-46-43-40-37-34-31-29-26-23-20-17-14-11-8-5-2/h17,20,26,29,34,37,58H,4-16,18-19,21-25,27-28,30-33,35-36,38-57H2,1-3H3/b20-17-,29-26-,37-34-/t58-/m0/s1. The van der Waals surface area contributed by atoms with E-state index < -0.39 is 6.10 Å². The van der Waals surface area contributed by atoms with Crippen molar-refractivity contribution >= 4 is 17.9 Å². The highest BCUT2D eigenvalue weighted by atomic mass is 16.6. The van der Waals surface area contributed by atoms with Crippen LogP contribution in [0.2, 0.25) is 0 Å². The molecule has 0 aliphatic rings. The molecule has 0 saturated carbocycles. The largest absolute Gasteiger partial charge is 0.462 e. The minimum atomic E-state index is -0.780. The number of unbranched alkanes of at least 4 members (excludes halogenated alkanes) is 37. The average molecular weight is 942 g/mol. The van der Waals surface area contributed by atoms with Crippen molar-refractivity contribution in [2.45, 2.75) is 322 Å². The zero-order valence-electron chi connectivity index (χ0n) is 44.9. The van der Waals surface area contributed by atoms with Crippen LogP contribution < -0.4 is 0 Å². The van der Waals surface area contributed by atoms with E-state index in [1.807, 2.05) is 0 Å². The van der Waals surface area contributed by atoms with Crippen LogP contribution >= 0.6 is 0 Å². The molecule has 0 aromatic rings. The summed E-state index contributed by atoms with van der Waals surface area (Å²) in [5, 5.41) is 0. The molecular formula is C61H112O6. The van der Waals surface area contributed by atoms with E-state index in [1.165, 1.54) is 193 Å². The van der Waals surface area contributed by atoms with Gasteiger partial charge in [-0.15, -0.1) is 0 Å². The normalized spacial score (nSPS) is 12.2. The van der Waals surface area contributed by atoms with Crippen molar-refractivity contribution in [3.63, 3.8) is 0 Å². The van der Waals surface area contributed by atoms with Gasteiger partial charge in [0.15, 0.2) is 6.10 Å². The summed E-state index contributed by atoms with van der Waals surface area (Å²) < 4.78 is 16.9. The molecule has 392 valence electrons. The lowest BCUT2D eigenvalue weighted by molar-refractivity contribution is -0.167. The van der Waals surface area contributed by atoms with Gasteiger partial charge in [0, 0.05) is 19.3 Å². The fraction of sp³-hybridized carbons (Fsp3) is 0.852. The van der Waals surface area contributed by atoms with Gasteiger partial charge in [-0.05, 0) is 57.8 Å². The molecule has 0 radical (unpaired) electrons. The topological polar surface area (TPSA) is 78.9 Å². The Bertz CT molecular complexity index is 1130. The highest BCUT2D eigenvalue weighted by Gasteiger charge is 2.19. The van der Waals surface area contributed by atoms with Crippen molar-refractivity contribution in [2.24, 2.45) is 0 Å². The van der Waals surface area contributed by atoms with Crippen molar-refractivity contribution in [3.8, 4) is 0 Å². The summed E-state index contributed by atoms with van der Waals surface area (Å²) in [5.74, 6) is -0.877. The van der Waals surface area contributed by atoms with Gasteiger partial charge in [0.2, 0.25) is 0 Å². The highest BCUT2D eigenvalue weighted by Crippen LogP contribution is 2.17. The van der Waals surface area contributed by atoms with Crippen LogP contribution in [0.25, 0.3) is 0 Å². The van der Waals surface area contributed by atoms with E-state index in [1.54, 1.807) is 0 Å². The number of ether oxygens (including phenoxy) is 3. The van der Waals surface area contributed by atoms with E-state index in [9.17, 15) is 14.4 Å². The molecule has 0 aliphatic carbocycles. The van der Waals surface area contributed by atoms with Gasteiger partial charge in [-0.1, -0.05) is 276 Å². The molecule has 0 amide bonds. The van der Waals surface area contributed by atoms with Crippen molar-refractivity contribution in [1.82, 2.24) is 0 Å². The molecule has 1 atom stereocenters. The Morgan fingerprint density at radius 3 is 0.866 bits per heavy atom. The Labute approximate surface area is 416 Å². The van der Waals surface area contributed by atoms with Gasteiger partial charge in [0.25, 0.3) is 0 Å². The molecule has 0 saturated heterocycles. The molecule has 0 unspecified atom stereocenters. The Balaban J connectivity index is 4.37. The van der Waals surface area contributed by atoms with Crippen LogP contribution in [0.3, 0.4) is 0 Å². The van der Waals surface area contributed by atoms with Gasteiger partial charge in [-0.25, -0.2) is 0 Å². The first-order valence-electron chi connectivity index (χ1n) is 29.5. The molecule has 0 aromatic carbocycles. The first-order valence-corrected chi connectivity index (χ1v) is 29.5. The van der Waals surface area contributed by atoms with Gasteiger partial charge < -0.3 is 14.2 Å². The summed E-state index contributed by atoms with van der Waals surface area (Å²) in [4.78, 5) is 38.2. The Morgan fingerprint density at radius 2 is 0.537 bits per heavy atom.